The maximum atomic E-state index is 12.3. The molecule has 0 spiro atoms. The van der Waals surface area contributed by atoms with Crippen LogP contribution in [0.1, 0.15) is 55.3 Å². The van der Waals surface area contributed by atoms with Gasteiger partial charge in [0.15, 0.2) is 5.69 Å². The van der Waals surface area contributed by atoms with Gasteiger partial charge in [0.1, 0.15) is 5.76 Å². The maximum Gasteiger partial charge on any atom is 0.273 e. The van der Waals surface area contributed by atoms with E-state index in [1.165, 1.54) is 0 Å². The first kappa shape index (κ1) is 15.5. The summed E-state index contributed by atoms with van der Waals surface area (Å²) < 4.78 is 10.7. The van der Waals surface area contributed by atoms with Crippen LogP contribution in [-0.2, 0) is 4.74 Å². The Hall–Kier alpha value is -1.40. The predicted octanol–water partition coefficient (Wildman–Crippen LogP) is 1.78. The van der Waals surface area contributed by atoms with Crippen LogP contribution in [0, 0.1) is 0 Å². The fourth-order valence-electron chi connectivity index (χ4n) is 2.88. The molecule has 6 nitrogen and oxygen atoms in total. The topological polar surface area (TPSA) is 67.6 Å². The highest BCUT2D eigenvalue weighted by atomic mass is 16.5. The number of nitrogens with zero attached hydrogens (tertiary/aromatic N) is 2. The summed E-state index contributed by atoms with van der Waals surface area (Å²) in [5.74, 6) is 1.17. The van der Waals surface area contributed by atoms with Crippen LogP contribution in [0.3, 0.4) is 0 Å². The number of hydrogen-bond acceptors (Lipinski definition) is 5. The van der Waals surface area contributed by atoms with Gasteiger partial charge in [-0.3, -0.25) is 9.69 Å². The van der Waals surface area contributed by atoms with E-state index in [1.54, 1.807) is 6.07 Å². The zero-order valence-corrected chi connectivity index (χ0v) is 13.4. The standard InChI is InChI=1S/C16H25N3O3/c1-3-16(2,19-6-8-21-9-7-19)11-17-15(20)13-10-14(22-18-13)12-4-5-12/h10,12H,3-9,11H2,1-2H3,(H,17,20)/t16-/m1/s1. The molecular weight excluding hydrogens is 282 g/mol. The minimum Gasteiger partial charge on any atom is -0.379 e. The molecule has 2 aliphatic rings. The molecule has 2 fully saturated rings. The van der Waals surface area contributed by atoms with E-state index in [9.17, 15) is 4.79 Å². The van der Waals surface area contributed by atoms with Gasteiger partial charge in [0, 0.05) is 37.2 Å². The Bertz CT molecular complexity index is 520. The van der Waals surface area contributed by atoms with Gasteiger partial charge in [0.25, 0.3) is 5.91 Å². The Morgan fingerprint density at radius 1 is 1.45 bits per heavy atom. The molecule has 1 aromatic heterocycles. The highest BCUT2D eigenvalue weighted by Gasteiger charge is 2.33. The Morgan fingerprint density at radius 2 is 2.18 bits per heavy atom. The number of carbonyl (C=O) groups is 1. The molecule has 0 radical (unpaired) electrons. The largest absolute Gasteiger partial charge is 0.379 e. The fourth-order valence-corrected chi connectivity index (χ4v) is 2.88. The molecule has 1 amide bonds. The number of aromatic nitrogens is 1. The molecular formula is C16H25N3O3. The normalized spacial score (nSPS) is 22.3. The van der Waals surface area contributed by atoms with Crippen LogP contribution < -0.4 is 5.32 Å². The molecule has 1 atom stereocenters. The van der Waals surface area contributed by atoms with E-state index in [-0.39, 0.29) is 11.4 Å². The van der Waals surface area contributed by atoms with Gasteiger partial charge in [-0.1, -0.05) is 12.1 Å². The summed E-state index contributed by atoms with van der Waals surface area (Å²) in [6.45, 7) is 8.30. The zero-order valence-electron chi connectivity index (χ0n) is 13.4. The van der Waals surface area contributed by atoms with E-state index in [2.05, 4.69) is 29.2 Å². The number of rotatable bonds is 6. The van der Waals surface area contributed by atoms with Crippen LogP contribution in [0.25, 0.3) is 0 Å². The SMILES string of the molecule is CC[C@](C)(CNC(=O)c1cc(C2CC2)on1)N1CCOCC1. The first-order chi connectivity index (χ1) is 10.6. The summed E-state index contributed by atoms with van der Waals surface area (Å²) in [7, 11) is 0. The van der Waals surface area contributed by atoms with Crippen LogP contribution in [0.15, 0.2) is 10.6 Å². The van der Waals surface area contributed by atoms with Gasteiger partial charge in [0.05, 0.1) is 13.2 Å². The van der Waals surface area contributed by atoms with Crippen molar-refractivity contribution in [3.63, 3.8) is 0 Å². The molecule has 6 heteroatoms. The molecule has 1 aliphatic heterocycles. The van der Waals surface area contributed by atoms with Crippen molar-refractivity contribution in [2.75, 3.05) is 32.8 Å². The maximum absolute atomic E-state index is 12.3. The van der Waals surface area contributed by atoms with Gasteiger partial charge in [-0.25, -0.2) is 0 Å². The van der Waals surface area contributed by atoms with Crippen molar-refractivity contribution in [2.24, 2.45) is 0 Å². The van der Waals surface area contributed by atoms with E-state index >= 15 is 0 Å². The number of amides is 1. The lowest BCUT2D eigenvalue weighted by Gasteiger charge is -2.42. The van der Waals surface area contributed by atoms with Crippen molar-refractivity contribution in [2.45, 2.75) is 44.6 Å². The van der Waals surface area contributed by atoms with Crippen molar-refractivity contribution in [1.82, 2.24) is 15.4 Å². The average molecular weight is 307 g/mol. The van der Waals surface area contributed by atoms with Crippen LogP contribution >= 0.6 is 0 Å². The van der Waals surface area contributed by atoms with Gasteiger partial charge in [0.2, 0.25) is 0 Å². The molecule has 2 heterocycles. The van der Waals surface area contributed by atoms with E-state index in [4.69, 9.17) is 9.26 Å². The third-order valence-electron chi connectivity index (χ3n) is 4.91. The number of ether oxygens (including phenoxy) is 1. The van der Waals surface area contributed by atoms with Gasteiger partial charge >= 0.3 is 0 Å². The molecule has 1 saturated carbocycles. The van der Waals surface area contributed by atoms with Crippen LogP contribution in [-0.4, -0.2) is 54.4 Å². The number of carbonyl (C=O) groups excluding carboxylic acids is 1. The van der Waals surface area contributed by atoms with Gasteiger partial charge in [-0.15, -0.1) is 0 Å². The molecule has 3 rings (SSSR count). The molecule has 1 N–H and O–H groups in total. The van der Waals surface area contributed by atoms with Gasteiger partial charge in [-0.2, -0.15) is 0 Å². The molecule has 0 aromatic carbocycles. The van der Waals surface area contributed by atoms with Crippen molar-refractivity contribution < 1.29 is 14.1 Å². The molecule has 0 unspecified atom stereocenters. The van der Waals surface area contributed by atoms with E-state index in [0.29, 0.717) is 18.2 Å². The van der Waals surface area contributed by atoms with Crippen molar-refractivity contribution in [3.05, 3.63) is 17.5 Å². The Morgan fingerprint density at radius 3 is 2.82 bits per heavy atom. The quantitative estimate of drug-likeness (QED) is 0.868. The van der Waals surface area contributed by atoms with E-state index < -0.39 is 0 Å². The number of nitrogens with one attached hydrogen (secondary N) is 1. The number of morpholine rings is 1. The summed E-state index contributed by atoms with van der Waals surface area (Å²) in [4.78, 5) is 14.7. The lowest BCUT2D eigenvalue weighted by molar-refractivity contribution is -0.0169. The molecule has 1 saturated heterocycles. The summed E-state index contributed by atoms with van der Waals surface area (Å²) in [6, 6.07) is 1.78. The van der Waals surface area contributed by atoms with E-state index in [1.807, 2.05) is 0 Å². The average Bonchev–Trinajstić information content (AvgIpc) is 3.30. The Kier molecular flexibility index (Phi) is 4.49. The first-order valence-corrected chi connectivity index (χ1v) is 8.20. The minimum absolute atomic E-state index is 0.0531. The van der Waals surface area contributed by atoms with Gasteiger partial charge in [-0.05, 0) is 26.2 Å². The monoisotopic (exact) mass is 307 g/mol. The number of hydrogen-bond donors (Lipinski definition) is 1. The van der Waals surface area contributed by atoms with Crippen LogP contribution in [0.2, 0.25) is 0 Å². The second-order valence-electron chi connectivity index (χ2n) is 6.52. The predicted molar refractivity (Wildman–Crippen MR) is 81.9 cm³/mol. The highest BCUT2D eigenvalue weighted by molar-refractivity contribution is 5.92. The molecule has 122 valence electrons. The second kappa shape index (κ2) is 6.38. The summed E-state index contributed by atoms with van der Waals surface area (Å²) in [5, 5.41) is 6.91. The summed E-state index contributed by atoms with van der Waals surface area (Å²) >= 11 is 0. The Balaban J connectivity index is 1.57. The van der Waals surface area contributed by atoms with Gasteiger partial charge < -0.3 is 14.6 Å². The van der Waals surface area contributed by atoms with Crippen molar-refractivity contribution in [3.8, 4) is 0 Å². The lowest BCUT2D eigenvalue weighted by Crippen LogP contribution is -2.56. The summed E-state index contributed by atoms with van der Waals surface area (Å²) in [6.07, 6.45) is 3.25. The summed E-state index contributed by atoms with van der Waals surface area (Å²) in [5.41, 5.74) is 0.338. The van der Waals surface area contributed by atoms with Crippen LogP contribution in [0.4, 0.5) is 0 Å². The minimum atomic E-state index is -0.149. The smallest absolute Gasteiger partial charge is 0.273 e. The van der Waals surface area contributed by atoms with Crippen molar-refractivity contribution in [1.29, 1.82) is 0 Å². The molecule has 22 heavy (non-hydrogen) atoms. The molecule has 1 aromatic rings. The third kappa shape index (κ3) is 3.33. The first-order valence-electron chi connectivity index (χ1n) is 8.20. The Labute approximate surface area is 131 Å². The molecule has 1 aliphatic carbocycles. The van der Waals surface area contributed by atoms with Crippen LogP contribution in [0.5, 0.6) is 0 Å². The molecule has 0 bridgehead atoms. The van der Waals surface area contributed by atoms with E-state index in [0.717, 1.165) is 51.3 Å². The highest BCUT2D eigenvalue weighted by Crippen LogP contribution is 2.40. The second-order valence-corrected chi connectivity index (χ2v) is 6.52. The zero-order chi connectivity index (χ0) is 15.6. The lowest BCUT2D eigenvalue weighted by atomic mass is 9.95. The van der Waals surface area contributed by atoms with Crippen molar-refractivity contribution >= 4 is 5.91 Å². The fraction of sp³-hybridized carbons (Fsp3) is 0.750. The third-order valence-corrected chi connectivity index (χ3v) is 4.91.